The van der Waals surface area contributed by atoms with E-state index >= 15 is 0 Å². The molecule has 0 aliphatic rings. The zero-order valence-electron chi connectivity index (χ0n) is 30.6. The Morgan fingerprint density at radius 2 is 0.768 bits per heavy atom. The number of rotatable bonds is 9. The third-order valence-electron chi connectivity index (χ3n) is 10.6. The average molecular weight is 753 g/mol. The summed E-state index contributed by atoms with van der Waals surface area (Å²) in [6.07, 6.45) is 3.78. The van der Waals surface area contributed by atoms with E-state index < -0.39 is 0 Å². The standard InChI is InChI=1S/C52H36N2S2/c1-3-35-19-23-37(24-20-35)38-25-29-44(30-26-38)54(48-18-10-14-40-12-6-8-16-46(40)48)52-34-42-32-49-41(31-50(42)56-52)33-51(55-49)53(43-27-21-36(4-2)22-28-43)47-17-9-13-39-11-5-7-15-45(39)47/h3-34H,1-2H2. The summed E-state index contributed by atoms with van der Waals surface area (Å²) in [6.45, 7) is 7.89. The van der Waals surface area contributed by atoms with Crippen molar-refractivity contribution in [1.82, 2.24) is 0 Å². The van der Waals surface area contributed by atoms with Crippen LogP contribution < -0.4 is 9.80 Å². The van der Waals surface area contributed by atoms with E-state index in [1.165, 1.54) is 62.8 Å². The molecular formula is C52H36N2S2. The summed E-state index contributed by atoms with van der Waals surface area (Å²) in [5.74, 6) is 0. The highest BCUT2D eigenvalue weighted by Crippen LogP contribution is 2.48. The first-order valence-corrected chi connectivity index (χ1v) is 20.4. The van der Waals surface area contributed by atoms with E-state index in [1.54, 1.807) is 0 Å². The summed E-state index contributed by atoms with van der Waals surface area (Å²) in [5, 5.41) is 9.71. The van der Waals surface area contributed by atoms with E-state index in [2.05, 4.69) is 205 Å². The normalized spacial score (nSPS) is 11.4. The molecule has 0 radical (unpaired) electrons. The first kappa shape index (κ1) is 33.8. The van der Waals surface area contributed by atoms with Gasteiger partial charge in [0.05, 0.1) is 11.4 Å². The topological polar surface area (TPSA) is 6.48 Å². The Morgan fingerprint density at radius 3 is 1.23 bits per heavy atom. The minimum Gasteiger partial charge on any atom is -0.301 e. The highest BCUT2D eigenvalue weighted by atomic mass is 32.1. The van der Waals surface area contributed by atoms with E-state index in [0.717, 1.165) is 33.9 Å². The largest absolute Gasteiger partial charge is 0.301 e. The van der Waals surface area contributed by atoms with Gasteiger partial charge in [-0.25, -0.2) is 0 Å². The molecule has 266 valence electrons. The number of hydrogen-bond donors (Lipinski definition) is 0. The fourth-order valence-electron chi connectivity index (χ4n) is 7.72. The first-order chi connectivity index (χ1) is 27.6. The Morgan fingerprint density at radius 1 is 0.375 bits per heavy atom. The Bertz CT molecular complexity index is 3000. The van der Waals surface area contributed by atoms with Crippen molar-refractivity contribution < 1.29 is 0 Å². The Balaban J connectivity index is 1.09. The van der Waals surface area contributed by atoms with Crippen molar-refractivity contribution in [3.8, 4) is 11.1 Å². The van der Waals surface area contributed by atoms with Crippen LogP contribution in [0.4, 0.5) is 32.8 Å². The maximum Gasteiger partial charge on any atom is 0.101 e. The molecule has 0 saturated heterocycles. The molecule has 0 amide bonds. The number of anilines is 6. The van der Waals surface area contributed by atoms with Gasteiger partial charge in [0.15, 0.2) is 0 Å². The van der Waals surface area contributed by atoms with Crippen LogP contribution >= 0.6 is 22.7 Å². The summed E-state index contributed by atoms with van der Waals surface area (Å²) in [4.78, 5) is 4.82. The van der Waals surface area contributed by atoms with Gasteiger partial charge in [-0.15, -0.1) is 22.7 Å². The van der Waals surface area contributed by atoms with Crippen molar-refractivity contribution >= 4 is 109 Å². The van der Waals surface area contributed by atoms with Crippen molar-refractivity contribution in [2.75, 3.05) is 9.80 Å². The zero-order chi connectivity index (χ0) is 37.6. The highest BCUT2D eigenvalue weighted by molar-refractivity contribution is 7.24. The number of nitrogens with zero attached hydrogens (tertiary/aromatic N) is 2. The van der Waals surface area contributed by atoms with Crippen molar-refractivity contribution in [3.05, 3.63) is 206 Å². The Hall–Kier alpha value is -6.72. The molecule has 0 atom stereocenters. The van der Waals surface area contributed by atoms with Gasteiger partial charge in [-0.05, 0) is 104 Å². The van der Waals surface area contributed by atoms with Crippen LogP contribution in [-0.2, 0) is 0 Å². The Labute approximate surface area is 334 Å². The fourth-order valence-corrected chi connectivity index (χ4v) is 9.97. The molecule has 2 nitrogen and oxygen atoms in total. The van der Waals surface area contributed by atoms with Crippen LogP contribution in [0.5, 0.6) is 0 Å². The Kier molecular flexibility index (Phi) is 8.56. The molecule has 0 unspecified atom stereocenters. The van der Waals surface area contributed by atoms with E-state index in [-0.39, 0.29) is 0 Å². The van der Waals surface area contributed by atoms with Crippen LogP contribution in [0.2, 0.25) is 0 Å². The lowest BCUT2D eigenvalue weighted by Crippen LogP contribution is -2.08. The number of fused-ring (bicyclic) bond motifs is 4. The van der Waals surface area contributed by atoms with Crippen molar-refractivity contribution in [2.45, 2.75) is 0 Å². The van der Waals surface area contributed by atoms with Crippen LogP contribution in [0, 0.1) is 0 Å². The van der Waals surface area contributed by atoms with E-state index in [1.807, 2.05) is 34.8 Å². The third-order valence-corrected chi connectivity index (χ3v) is 12.7. The average Bonchev–Trinajstić information content (AvgIpc) is 3.86. The SMILES string of the molecule is C=Cc1ccc(-c2ccc(N(c3cc4cc5sc(N(c6ccc(C=C)cc6)c6cccc7ccccc67)cc5cc4s3)c3cccc4ccccc34)cc2)cc1. The zero-order valence-corrected chi connectivity index (χ0v) is 32.2. The number of thiophene rings is 2. The van der Waals surface area contributed by atoms with Crippen LogP contribution in [0.3, 0.4) is 0 Å². The summed E-state index contributed by atoms with van der Waals surface area (Å²) in [5.41, 5.74) is 9.16. The molecular weight excluding hydrogens is 717 g/mol. The first-order valence-electron chi connectivity index (χ1n) is 18.7. The van der Waals surface area contributed by atoms with Gasteiger partial charge in [0.2, 0.25) is 0 Å². The number of hydrogen-bond acceptors (Lipinski definition) is 4. The minimum atomic E-state index is 1.10. The molecule has 4 heteroatoms. The van der Waals surface area contributed by atoms with Gasteiger partial charge in [0.1, 0.15) is 10.0 Å². The van der Waals surface area contributed by atoms with Gasteiger partial charge in [-0.2, -0.15) is 0 Å². The minimum absolute atomic E-state index is 1.10. The van der Waals surface area contributed by atoms with Crippen LogP contribution in [-0.4, -0.2) is 0 Å². The molecule has 0 fully saturated rings. The van der Waals surface area contributed by atoms with E-state index in [9.17, 15) is 0 Å². The molecule has 0 aliphatic heterocycles. The monoisotopic (exact) mass is 752 g/mol. The van der Waals surface area contributed by atoms with Crippen molar-refractivity contribution in [3.63, 3.8) is 0 Å². The molecule has 0 saturated carbocycles. The summed E-state index contributed by atoms with van der Waals surface area (Å²) in [6, 6.07) is 66.1. The molecule has 2 aromatic heterocycles. The smallest absolute Gasteiger partial charge is 0.101 e. The van der Waals surface area contributed by atoms with Crippen LogP contribution in [0.25, 0.3) is 65.0 Å². The van der Waals surface area contributed by atoms with Crippen molar-refractivity contribution in [2.24, 2.45) is 0 Å². The van der Waals surface area contributed by atoms with Gasteiger partial charge in [0.25, 0.3) is 0 Å². The van der Waals surface area contributed by atoms with Gasteiger partial charge in [-0.1, -0.05) is 147 Å². The van der Waals surface area contributed by atoms with Crippen molar-refractivity contribution in [1.29, 1.82) is 0 Å². The highest BCUT2D eigenvalue weighted by Gasteiger charge is 2.21. The van der Waals surface area contributed by atoms with Crippen LogP contribution in [0.1, 0.15) is 11.1 Å². The molecule has 0 spiro atoms. The van der Waals surface area contributed by atoms with Gasteiger partial charge >= 0.3 is 0 Å². The van der Waals surface area contributed by atoms with E-state index in [0.29, 0.717) is 0 Å². The lowest BCUT2D eigenvalue weighted by atomic mass is 10.0. The van der Waals surface area contributed by atoms with Gasteiger partial charge in [0, 0.05) is 31.5 Å². The fraction of sp³-hybridized carbons (Fsp3) is 0. The molecule has 0 aliphatic carbocycles. The van der Waals surface area contributed by atoms with Crippen LogP contribution in [0.15, 0.2) is 195 Å². The molecule has 10 rings (SSSR count). The van der Waals surface area contributed by atoms with E-state index in [4.69, 9.17) is 0 Å². The van der Waals surface area contributed by atoms with Gasteiger partial charge < -0.3 is 9.80 Å². The lowest BCUT2D eigenvalue weighted by molar-refractivity contribution is 1.33. The molecule has 56 heavy (non-hydrogen) atoms. The number of benzene rings is 8. The second-order valence-corrected chi connectivity index (χ2v) is 16.1. The quantitative estimate of drug-likeness (QED) is 0.145. The molecule has 0 N–H and O–H groups in total. The second kappa shape index (κ2) is 14.2. The second-order valence-electron chi connectivity index (χ2n) is 13.9. The molecule has 10 aromatic rings. The third kappa shape index (κ3) is 6.06. The summed E-state index contributed by atoms with van der Waals surface area (Å²) >= 11 is 3.67. The predicted octanol–water partition coefficient (Wildman–Crippen LogP) is 16.3. The lowest BCUT2D eigenvalue weighted by Gasteiger charge is -2.25. The summed E-state index contributed by atoms with van der Waals surface area (Å²) in [7, 11) is 0. The maximum absolute atomic E-state index is 3.98. The predicted molar refractivity (Wildman–Crippen MR) is 247 cm³/mol. The summed E-state index contributed by atoms with van der Waals surface area (Å²) < 4.78 is 2.52. The maximum atomic E-state index is 3.98. The molecule has 2 heterocycles. The van der Waals surface area contributed by atoms with Gasteiger partial charge in [-0.3, -0.25) is 0 Å². The molecule has 8 aromatic carbocycles. The molecule has 0 bridgehead atoms.